The fraction of sp³-hybridized carbons (Fsp3) is 0.273. The number of fused-ring (bicyclic) bond motifs is 1. The molecule has 0 aliphatic heterocycles. The van der Waals surface area contributed by atoms with E-state index in [9.17, 15) is 0 Å². The lowest BCUT2D eigenvalue weighted by molar-refractivity contribution is 0.199. The summed E-state index contributed by atoms with van der Waals surface area (Å²) in [6, 6.07) is 21.1. The number of rotatable bonds is 8. The fourth-order valence-electron chi connectivity index (χ4n) is 2.98. The summed E-state index contributed by atoms with van der Waals surface area (Å²) >= 11 is 0. The molecule has 0 saturated heterocycles. The van der Waals surface area contributed by atoms with Crippen molar-refractivity contribution in [2.24, 2.45) is 0 Å². The maximum Gasteiger partial charge on any atom is 0.124 e. The second-order valence-corrected chi connectivity index (χ2v) is 6.21. The molecule has 0 saturated carbocycles. The number of hydrogen-bond donors (Lipinski definition) is 1. The van der Waals surface area contributed by atoms with E-state index in [1.807, 2.05) is 0 Å². The van der Waals surface area contributed by atoms with Crippen molar-refractivity contribution in [3.05, 3.63) is 77.4 Å². The third-order valence-electron chi connectivity index (χ3n) is 4.26. The van der Waals surface area contributed by atoms with Gasteiger partial charge in [-0.25, -0.2) is 0 Å². The molecular weight excluding hydrogens is 310 g/mol. The Morgan fingerprint density at radius 2 is 1.84 bits per heavy atom. The first-order chi connectivity index (χ1) is 12.3. The van der Waals surface area contributed by atoms with Crippen LogP contribution in [0.2, 0.25) is 0 Å². The van der Waals surface area contributed by atoms with E-state index in [1.165, 1.54) is 27.5 Å². The van der Waals surface area contributed by atoms with Gasteiger partial charge in [0.15, 0.2) is 0 Å². The van der Waals surface area contributed by atoms with Crippen LogP contribution in [0.3, 0.4) is 0 Å². The number of hydrogen-bond acceptors (Lipinski definition) is 3. The predicted molar refractivity (Wildman–Crippen MR) is 103 cm³/mol. The lowest BCUT2D eigenvalue weighted by Crippen LogP contribution is -2.19. The summed E-state index contributed by atoms with van der Waals surface area (Å²) in [4.78, 5) is 0. The zero-order valence-corrected chi connectivity index (χ0v) is 14.9. The van der Waals surface area contributed by atoms with Gasteiger partial charge in [0, 0.05) is 25.8 Å². The molecule has 3 nitrogen and oxygen atoms in total. The maximum absolute atomic E-state index is 6.17. The normalized spacial score (nSPS) is 11.0. The van der Waals surface area contributed by atoms with E-state index >= 15 is 0 Å². The third kappa shape index (κ3) is 4.59. The van der Waals surface area contributed by atoms with Crippen molar-refractivity contribution in [1.82, 2.24) is 5.32 Å². The van der Waals surface area contributed by atoms with Crippen LogP contribution in [0.5, 0.6) is 5.75 Å². The highest BCUT2D eigenvalue weighted by molar-refractivity contribution is 5.87. The molecule has 0 aliphatic carbocycles. The van der Waals surface area contributed by atoms with Gasteiger partial charge in [-0.15, -0.1) is 0 Å². The van der Waals surface area contributed by atoms with Crippen LogP contribution in [0.25, 0.3) is 10.8 Å². The highest BCUT2D eigenvalue weighted by Gasteiger charge is 2.09. The van der Waals surface area contributed by atoms with Crippen LogP contribution < -0.4 is 10.1 Å². The van der Waals surface area contributed by atoms with E-state index < -0.39 is 0 Å². The molecule has 3 rings (SSSR count). The smallest absolute Gasteiger partial charge is 0.124 e. The average molecular weight is 335 g/mol. The van der Waals surface area contributed by atoms with Crippen molar-refractivity contribution in [3.8, 4) is 5.75 Å². The standard InChI is InChI=1S/C22H25NO2/c1-17-6-5-7-18(14-17)16-25-22-11-10-19-8-3-4-9-20(19)21(22)15-23-12-13-24-2/h3-11,14,23H,12-13,15-16H2,1-2H3. The first-order valence-electron chi connectivity index (χ1n) is 8.66. The van der Waals surface area contributed by atoms with Crippen LogP contribution in [0.1, 0.15) is 16.7 Å². The van der Waals surface area contributed by atoms with Crippen molar-refractivity contribution in [2.75, 3.05) is 20.3 Å². The van der Waals surface area contributed by atoms with Crippen LogP contribution in [0.4, 0.5) is 0 Å². The molecule has 0 bridgehead atoms. The molecule has 0 spiro atoms. The molecule has 1 N–H and O–H groups in total. The van der Waals surface area contributed by atoms with E-state index in [0.717, 1.165) is 18.8 Å². The van der Waals surface area contributed by atoms with Gasteiger partial charge in [0.05, 0.1) is 6.61 Å². The SMILES string of the molecule is COCCNCc1c(OCc2cccc(C)c2)ccc2ccccc12. The predicted octanol–water partition coefficient (Wildman–Crippen LogP) is 4.46. The number of ether oxygens (including phenoxy) is 2. The van der Waals surface area contributed by atoms with Gasteiger partial charge < -0.3 is 14.8 Å². The van der Waals surface area contributed by atoms with E-state index in [0.29, 0.717) is 13.2 Å². The number of aryl methyl sites for hydroxylation is 1. The molecule has 0 unspecified atom stereocenters. The lowest BCUT2D eigenvalue weighted by Gasteiger charge is -2.15. The van der Waals surface area contributed by atoms with Crippen LogP contribution in [0.15, 0.2) is 60.7 Å². The molecule has 0 atom stereocenters. The molecule has 0 heterocycles. The van der Waals surface area contributed by atoms with Crippen molar-refractivity contribution in [2.45, 2.75) is 20.1 Å². The first-order valence-corrected chi connectivity index (χ1v) is 8.66. The summed E-state index contributed by atoms with van der Waals surface area (Å²) in [6.07, 6.45) is 0. The monoisotopic (exact) mass is 335 g/mol. The van der Waals surface area contributed by atoms with Gasteiger partial charge in [-0.1, -0.05) is 60.2 Å². The summed E-state index contributed by atoms with van der Waals surface area (Å²) in [5.41, 5.74) is 3.63. The molecule has 0 radical (unpaired) electrons. The highest BCUT2D eigenvalue weighted by Crippen LogP contribution is 2.28. The average Bonchev–Trinajstić information content (AvgIpc) is 2.64. The summed E-state index contributed by atoms with van der Waals surface area (Å²) in [5.74, 6) is 0.935. The lowest BCUT2D eigenvalue weighted by atomic mass is 10.0. The molecule has 25 heavy (non-hydrogen) atoms. The van der Waals surface area contributed by atoms with Gasteiger partial charge in [-0.05, 0) is 29.3 Å². The summed E-state index contributed by atoms with van der Waals surface area (Å²) in [5, 5.41) is 5.90. The largest absolute Gasteiger partial charge is 0.489 e. The number of methoxy groups -OCH3 is 1. The zero-order chi connectivity index (χ0) is 17.5. The molecule has 0 aromatic heterocycles. The van der Waals surface area contributed by atoms with Gasteiger partial charge in [0.1, 0.15) is 12.4 Å². The van der Waals surface area contributed by atoms with E-state index in [4.69, 9.17) is 9.47 Å². The highest BCUT2D eigenvalue weighted by atomic mass is 16.5. The Balaban J connectivity index is 1.82. The quantitative estimate of drug-likeness (QED) is 0.616. The van der Waals surface area contributed by atoms with Gasteiger partial charge in [-0.3, -0.25) is 0 Å². The number of benzene rings is 3. The Bertz CT molecular complexity index is 829. The van der Waals surface area contributed by atoms with Gasteiger partial charge in [0.25, 0.3) is 0 Å². The minimum absolute atomic E-state index is 0.574. The summed E-state index contributed by atoms with van der Waals surface area (Å²) in [7, 11) is 1.72. The molecule has 0 aliphatic rings. The van der Waals surface area contributed by atoms with Crippen molar-refractivity contribution < 1.29 is 9.47 Å². The molecular formula is C22H25NO2. The molecule has 3 aromatic rings. The zero-order valence-electron chi connectivity index (χ0n) is 14.9. The van der Waals surface area contributed by atoms with Crippen LogP contribution in [0, 0.1) is 6.92 Å². The summed E-state index contributed by atoms with van der Waals surface area (Å²) < 4.78 is 11.3. The van der Waals surface area contributed by atoms with Crippen molar-refractivity contribution in [3.63, 3.8) is 0 Å². The molecule has 130 valence electrons. The minimum Gasteiger partial charge on any atom is -0.489 e. The Morgan fingerprint density at radius 3 is 2.68 bits per heavy atom. The van der Waals surface area contributed by atoms with Gasteiger partial charge >= 0.3 is 0 Å². The maximum atomic E-state index is 6.17. The topological polar surface area (TPSA) is 30.5 Å². The molecule has 0 amide bonds. The Labute approximate surface area is 149 Å². The first kappa shape index (κ1) is 17.5. The van der Waals surface area contributed by atoms with Crippen LogP contribution in [-0.2, 0) is 17.9 Å². The van der Waals surface area contributed by atoms with Gasteiger partial charge in [-0.2, -0.15) is 0 Å². The minimum atomic E-state index is 0.574. The molecule has 3 heteroatoms. The Hall–Kier alpha value is -2.36. The number of nitrogens with one attached hydrogen (secondary N) is 1. The van der Waals surface area contributed by atoms with E-state index in [1.54, 1.807) is 7.11 Å². The van der Waals surface area contributed by atoms with Crippen molar-refractivity contribution in [1.29, 1.82) is 0 Å². The van der Waals surface area contributed by atoms with E-state index in [2.05, 4.69) is 72.9 Å². The van der Waals surface area contributed by atoms with Crippen LogP contribution >= 0.6 is 0 Å². The Kier molecular flexibility index (Phi) is 6.04. The fourth-order valence-corrected chi connectivity index (χ4v) is 2.98. The summed E-state index contributed by atoms with van der Waals surface area (Å²) in [6.45, 7) is 4.95. The van der Waals surface area contributed by atoms with Gasteiger partial charge in [0.2, 0.25) is 0 Å². The molecule has 3 aromatic carbocycles. The Morgan fingerprint density at radius 1 is 0.960 bits per heavy atom. The second-order valence-electron chi connectivity index (χ2n) is 6.21. The molecule has 0 fully saturated rings. The third-order valence-corrected chi connectivity index (χ3v) is 4.26. The van der Waals surface area contributed by atoms with Crippen LogP contribution in [-0.4, -0.2) is 20.3 Å². The second kappa shape index (κ2) is 8.65. The van der Waals surface area contributed by atoms with Crippen molar-refractivity contribution >= 4 is 10.8 Å². The van der Waals surface area contributed by atoms with E-state index in [-0.39, 0.29) is 0 Å².